The van der Waals surface area contributed by atoms with Crippen LogP contribution in [0.2, 0.25) is 0 Å². The Kier molecular flexibility index (Phi) is 8.93. The van der Waals surface area contributed by atoms with E-state index >= 15 is 0 Å². The van der Waals surface area contributed by atoms with Crippen LogP contribution in [0.5, 0.6) is 0 Å². The van der Waals surface area contributed by atoms with Crippen LogP contribution >= 0.6 is 0 Å². The number of aromatic nitrogens is 4. The topological polar surface area (TPSA) is 83.2 Å². The first-order valence-electron chi connectivity index (χ1n) is 20.5. The van der Waals surface area contributed by atoms with Crippen molar-refractivity contribution in [2.24, 2.45) is 0 Å². The Morgan fingerprint density at radius 2 is 0.859 bits per heavy atom. The number of fused-ring (bicyclic) bond motifs is 6. The fourth-order valence-corrected chi connectivity index (χ4v) is 8.90. The first kappa shape index (κ1) is 38.2. The van der Waals surface area contributed by atoms with E-state index in [9.17, 15) is 23.7 Å². The van der Waals surface area contributed by atoms with Crippen molar-refractivity contribution in [1.82, 2.24) is 19.1 Å². The molecular formula is C55H31F3N6. The highest BCUT2D eigenvalue weighted by Gasteiger charge is 2.32. The predicted molar refractivity (Wildman–Crippen MR) is 247 cm³/mol. The van der Waals surface area contributed by atoms with Gasteiger partial charge in [0.15, 0.2) is 5.82 Å². The lowest BCUT2D eigenvalue weighted by atomic mass is 9.96. The summed E-state index contributed by atoms with van der Waals surface area (Å²) >= 11 is 0. The highest BCUT2D eigenvalue weighted by molar-refractivity contribution is 6.12. The van der Waals surface area contributed by atoms with Gasteiger partial charge in [-0.25, -0.2) is 9.97 Å². The monoisotopic (exact) mass is 832 g/mol. The van der Waals surface area contributed by atoms with E-state index in [1.807, 2.05) is 150 Å². The summed E-state index contributed by atoms with van der Waals surface area (Å²) < 4.78 is 48.5. The van der Waals surface area contributed by atoms with Crippen molar-refractivity contribution in [3.8, 4) is 68.5 Å². The molecule has 0 saturated heterocycles. The van der Waals surface area contributed by atoms with Crippen molar-refractivity contribution in [3.05, 3.63) is 205 Å². The van der Waals surface area contributed by atoms with Gasteiger partial charge in [-0.05, 0) is 72.8 Å². The quantitative estimate of drug-likeness (QED) is 0.167. The van der Waals surface area contributed by atoms with E-state index in [0.717, 1.165) is 61.2 Å². The minimum atomic E-state index is -4.64. The van der Waals surface area contributed by atoms with Crippen LogP contribution < -0.4 is 0 Å². The SMILES string of the molecule is N#Cc1ccc2c(c1)c1ccccc1n2-c1cc(-c2nc(-c3ccccc3)cc(-c3ccccc3)n2)ccc1-c1ccc(C(F)(F)F)cc1-n1c2ccccc2c2cc(C#N)ccc21. The van der Waals surface area contributed by atoms with E-state index in [1.165, 1.54) is 6.07 Å². The van der Waals surface area contributed by atoms with Crippen molar-refractivity contribution >= 4 is 43.6 Å². The van der Waals surface area contributed by atoms with Crippen LogP contribution in [0.4, 0.5) is 13.2 Å². The third kappa shape index (κ3) is 6.34. The molecule has 0 aliphatic heterocycles. The number of nitrogens with zero attached hydrogens (tertiary/aromatic N) is 6. The van der Waals surface area contributed by atoms with Gasteiger partial charge in [0.1, 0.15) is 0 Å². The second-order valence-electron chi connectivity index (χ2n) is 15.5. The van der Waals surface area contributed by atoms with Crippen LogP contribution in [0, 0.1) is 22.7 Å². The lowest BCUT2D eigenvalue weighted by Gasteiger charge is -2.21. The standard InChI is InChI=1S/C55H31F3N6/c56-55(57,58)39-22-24-43(53(30-39)64-49-18-10-8-16-41(49)45-28-35(33-60)20-26-51(45)64)42-23-21-38(29-52(42)63-48-17-9-7-15-40(48)44-27-34(32-59)19-25-50(44)63)54-61-46(36-11-3-1-4-12-36)31-47(62-54)37-13-5-2-6-14-37/h1-31H. The summed E-state index contributed by atoms with van der Waals surface area (Å²) in [5.41, 5.74) is 9.23. The molecule has 64 heavy (non-hydrogen) atoms. The molecule has 11 rings (SSSR count). The molecular weight excluding hydrogens is 802 g/mol. The Balaban J connectivity index is 1.25. The third-order valence-electron chi connectivity index (χ3n) is 11.8. The molecule has 0 bridgehead atoms. The summed E-state index contributed by atoms with van der Waals surface area (Å²) in [6.45, 7) is 0. The van der Waals surface area contributed by atoms with Crippen molar-refractivity contribution in [2.75, 3.05) is 0 Å². The van der Waals surface area contributed by atoms with Gasteiger partial charge in [0, 0.05) is 49.4 Å². The van der Waals surface area contributed by atoms with Crippen LogP contribution in [0.3, 0.4) is 0 Å². The van der Waals surface area contributed by atoms with Gasteiger partial charge in [-0.15, -0.1) is 0 Å². The summed E-state index contributed by atoms with van der Waals surface area (Å²) in [5, 5.41) is 23.1. The zero-order chi connectivity index (χ0) is 43.5. The average molecular weight is 833 g/mol. The molecule has 0 fully saturated rings. The molecule has 0 aliphatic rings. The van der Waals surface area contributed by atoms with Crippen LogP contribution in [-0.2, 0) is 6.18 Å². The Hall–Kier alpha value is -8.79. The van der Waals surface area contributed by atoms with Crippen LogP contribution in [-0.4, -0.2) is 19.1 Å². The minimum absolute atomic E-state index is 0.306. The lowest BCUT2D eigenvalue weighted by molar-refractivity contribution is -0.137. The number of benzene rings is 8. The Morgan fingerprint density at radius 1 is 0.406 bits per heavy atom. The number of rotatable bonds is 6. The molecule has 0 spiro atoms. The highest BCUT2D eigenvalue weighted by atomic mass is 19.4. The minimum Gasteiger partial charge on any atom is -0.309 e. The molecule has 0 unspecified atom stereocenters. The smallest absolute Gasteiger partial charge is 0.309 e. The van der Waals surface area contributed by atoms with E-state index in [2.05, 4.69) is 16.7 Å². The third-order valence-corrected chi connectivity index (χ3v) is 11.8. The Morgan fingerprint density at radius 3 is 1.36 bits per heavy atom. The van der Waals surface area contributed by atoms with Gasteiger partial charge in [0.25, 0.3) is 0 Å². The molecule has 0 saturated carbocycles. The molecule has 0 N–H and O–H groups in total. The summed E-state index contributed by atoms with van der Waals surface area (Å²) in [7, 11) is 0. The molecule has 11 aromatic rings. The summed E-state index contributed by atoms with van der Waals surface area (Å²) in [5.74, 6) is 0.462. The van der Waals surface area contributed by atoms with Crippen molar-refractivity contribution in [3.63, 3.8) is 0 Å². The van der Waals surface area contributed by atoms with Gasteiger partial charge in [-0.3, -0.25) is 0 Å². The van der Waals surface area contributed by atoms with E-state index in [4.69, 9.17) is 9.97 Å². The Bertz CT molecular complexity index is 3680. The van der Waals surface area contributed by atoms with Crippen molar-refractivity contribution in [2.45, 2.75) is 6.18 Å². The van der Waals surface area contributed by atoms with E-state index < -0.39 is 11.7 Å². The summed E-state index contributed by atoms with van der Waals surface area (Å²) in [6.07, 6.45) is -4.64. The van der Waals surface area contributed by atoms with Crippen molar-refractivity contribution < 1.29 is 13.2 Å². The molecule has 3 heterocycles. The molecule has 9 heteroatoms. The van der Waals surface area contributed by atoms with Crippen LogP contribution in [0.1, 0.15) is 16.7 Å². The summed E-state index contributed by atoms with van der Waals surface area (Å²) in [4.78, 5) is 10.3. The normalized spacial score (nSPS) is 11.6. The zero-order valence-electron chi connectivity index (χ0n) is 33.7. The maximum absolute atomic E-state index is 14.8. The molecule has 0 atom stereocenters. The second-order valence-corrected chi connectivity index (χ2v) is 15.5. The number of hydrogen-bond acceptors (Lipinski definition) is 4. The van der Waals surface area contributed by atoms with E-state index in [0.29, 0.717) is 56.0 Å². The number of halogens is 3. The first-order chi connectivity index (χ1) is 31.3. The number of nitriles is 2. The molecule has 302 valence electrons. The number of hydrogen-bond donors (Lipinski definition) is 0. The van der Waals surface area contributed by atoms with Gasteiger partial charge in [-0.2, -0.15) is 23.7 Å². The molecule has 0 radical (unpaired) electrons. The van der Waals surface area contributed by atoms with Crippen LogP contribution in [0.25, 0.3) is 100 Å². The second kappa shape index (κ2) is 15.0. The average Bonchev–Trinajstić information content (AvgIpc) is 3.85. The molecule has 6 nitrogen and oxygen atoms in total. The van der Waals surface area contributed by atoms with Crippen LogP contribution in [0.15, 0.2) is 188 Å². The summed E-state index contributed by atoms with van der Waals surface area (Å²) in [6, 6.07) is 62.3. The molecule has 0 aliphatic carbocycles. The van der Waals surface area contributed by atoms with E-state index in [-0.39, 0.29) is 0 Å². The van der Waals surface area contributed by atoms with E-state index in [1.54, 1.807) is 30.3 Å². The molecule has 0 amide bonds. The predicted octanol–water partition coefficient (Wildman–Crippen LogP) is 14.1. The zero-order valence-corrected chi connectivity index (χ0v) is 33.7. The molecule has 8 aromatic carbocycles. The fraction of sp³-hybridized carbons (Fsp3) is 0.0182. The molecule has 3 aromatic heterocycles. The number of alkyl halides is 3. The Labute approximate surface area is 364 Å². The van der Waals surface area contributed by atoms with Gasteiger partial charge in [0.05, 0.1) is 73.7 Å². The maximum atomic E-state index is 14.8. The largest absolute Gasteiger partial charge is 0.416 e. The van der Waals surface area contributed by atoms with Gasteiger partial charge in [-0.1, -0.05) is 115 Å². The van der Waals surface area contributed by atoms with Gasteiger partial charge in [0.2, 0.25) is 0 Å². The fourth-order valence-electron chi connectivity index (χ4n) is 8.90. The highest BCUT2D eigenvalue weighted by Crippen LogP contribution is 2.44. The van der Waals surface area contributed by atoms with Gasteiger partial charge < -0.3 is 9.13 Å². The maximum Gasteiger partial charge on any atom is 0.416 e. The lowest BCUT2D eigenvalue weighted by Crippen LogP contribution is -2.08. The van der Waals surface area contributed by atoms with Gasteiger partial charge >= 0.3 is 6.18 Å². The first-order valence-corrected chi connectivity index (χ1v) is 20.5. The number of para-hydroxylation sites is 2. The van der Waals surface area contributed by atoms with Crippen molar-refractivity contribution in [1.29, 1.82) is 10.5 Å².